The Kier molecular flexibility index (Phi) is 10.2. The summed E-state index contributed by atoms with van der Waals surface area (Å²) in [7, 11) is 2.03. The molecule has 2 heterocycles. The number of carbonyl (C=O) groups excluding carboxylic acids is 1. The number of benzene rings is 3. The zero-order valence-electron chi connectivity index (χ0n) is 26.5. The number of halogens is 3. The maximum Gasteiger partial charge on any atom is 0.405 e. The largest absolute Gasteiger partial charge is 0.508 e. The molecule has 0 aliphatic carbocycles. The number of carbonyl (C=O) groups is 1. The van der Waals surface area contributed by atoms with Gasteiger partial charge in [-0.1, -0.05) is 43.0 Å². The number of nitrogens with zero attached hydrogens (tertiary/aromatic N) is 5. The first-order chi connectivity index (χ1) is 22.4. The molecule has 0 atom stereocenters. The number of aryl methyl sites for hydroxylation is 1. The van der Waals surface area contributed by atoms with E-state index in [0.29, 0.717) is 23.7 Å². The van der Waals surface area contributed by atoms with Crippen molar-refractivity contribution in [2.24, 2.45) is 5.92 Å². The number of nitrogens with one attached hydrogen (secondary N) is 1. The zero-order valence-corrected chi connectivity index (χ0v) is 26.5. The molecule has 248 valence electrons. The maximum atomic E-state index is 13.0. The second-order valence-corrected chi connectivity index (χ2v) is 12.2. The SMILES string of the molecule is C=C(NCC(F)(F)F)c1nnc(-c2cc(C)c(O)cc2O)n1-c1ccc(CN(C)Cc2ccc(CC3CCN(C=O)CC3)cc2)cc1. The van der Waals surface area contributed by atoms with Gasteiger partial charge in [0.15, 0.2) is 11.6 Å². The van der Waals surface area contributed by atoms with Gasteiger partial charge in [0.2, 0.25) is 6.41 Å². The molecule has 9 nitrogen and oxygen atoms in total. The van der Waals surface area contributed by atoms with Crippen molar-refractivity contribution in [1.29, 1.82) is 0 Å². The van der Waals surface area contributed by atoms with Crippen LogP contribution in [0.15, 0.2) is 67.2 Å². The van der Waals surface area contributed by atoms with Crippen molar-refractivity contribution < 1.29 is 28.2 Å². The first kappa shape index (κ1) is 33.5. The molecule has 4 aromatic rings. The molecule has 3 aromatic carbocycles. The van der Waals surface area contributed by atoms with Crippen LogP contribution in [0.4, 0.5) is 13.2 Å². The third-order valence-electron chi connectivity index (χ3n) is 8.44. The summed E-state index contributed by atoms with van der Waals surface area (Å²) in [5.74, 6) is 0.460. The minimum Gasteiger partial charge on any atom is -0.508 e. The predicted molar refractivity (Wildman–Crippen MR) is 174 cm³/mol. The first-order valence-electron chi connectivity index (χ1n) is 15.4. The topological polar surface area (TPSA) is 107 Å². The van der Waals surface area contributed by atoms with E-state index in [9.17, 15) is 28.2 Å². The minimum absolute atomic E-state index is 0.0501. The fraction of sp³-hybridized carbons (Fsp3) is 0.343. The van der Waals surface area contributed by atoms with E-state index in [2.05, 4.69) is 51.3 Å². The molecular weight excluding hydrogens is 609 g/mol. The third-order valence-corrected chi connectivity index (χ3v) is 8.44. The maximum absolute atomic E-state index is 13.0. The lowest BCUT2D eigenvalue weighted by Gasteiger charge is -2.29. The van der Waals surface area contributed by atoms with Gasteiger partial charge in [0, 0.05) is 37.9 Å². The number of piperidine rings is 1. The van der Waals surface area contributed by atoms with Gasteiger partial charge in [0.05, 0.1) is 11.3 Å². The lowest BCUT2D eigenvalue weighted by molar-refractivity contribution is -0.122. The molecular formula is C35H39F3N6O3. The number of aromatic nitrogens is 3. The second kappa shape index (κ2) is 14.3. The summed E-state index contributed by atoms with van der Waals surface area (Å²) in [5.41, 5.74) is 4.71. The minimum atomic E-state index is -4.46. The predicted octanol–water partition coefficient (Wildman–Crippen LogP) is 5.82. The van der Waals surface area contributed by atoms with Gasteiger partial charge in [-0.15, -0.1) is 10.2 Å². The van der Waals surface area contributed by atoms with Gasteiger partial charge in [0.1, 0.15) is 18.0 Å². The van der Waals surface area contributed by atoms with Crippen LogP contribution in [0, 0.1) is 12.8 Å². The molecule has 1 aliphatic heterocycles. The fourth-order valence-electron chi connectivity index (χ4n) is 5.86. The molecule has 1 fully saturated rings. The third kappa shape index (κ3) is 8.50. The monoisotopic (exact) mass is 648 g/mol. The van der Waals surface area contributed by atoms with Crippen LogP contribution in [-0.4, -0.2) is 74.0 Å². The van der Waals surface area contributed by atoms with Crippen LogP contribution in [0.5, 0.6) is 11.5 Å². The molecule has 0 unspecified atom stereocenters. The van der Waals surface area contributed by atoms with Crippen molar-refractivity contribution >= 4 is 12.1 Å². The van der Waals surface area contributed by atoms with Gasteiger partial charge in [-0.25, -0.2) is 0 Å². The van der Waals surface area contributed by atoms with Crippen LogP contribution in [0.3, 0.4) is 0 Å². The number of rotatable bonds is 12. The summed E-state index contributed by atoms with van der Waals surface area (Å²) in [4.78, 5) is 15.0. The Labute approximate surface area is 272 Å². The van der Waals surface area contributed by atoms with Crippen molar-refractivity contribution in [2.45, 2.75) is 45.5 Å². The van der Waals surface area contributed by atoms with E-state index >= 15 is 0 Å². The van der Waals surface area contributed by atoms with E-state index in [4.69, 9.17) is 0 Å². The molecule has 1 amide bonds. The fourth-order valence-corrected chi connectivity index (χ4v) is 5.86. The average Bonchev–Trinajstić information content (AvgIpc) is 3.48. The molecule has 0 bridgehead atoms. The van der Waals surface area contributed by atoms with Crippen LogP contribution >= 0.6 is 0 Å². The number of amides is 1. The zero-order chi connectivity index (χ0) is 33.7. The van der Waals surface area contributed by atoms with E-state index in [1.807, 2.05) is 36.2 Å². The van der Waals surface area contributed by atoms with Crippen LogP contribution in [0.1, 0.15) is 40.9 Å². The Morgan fingerprint density at radius 2 is 1.57 bits per heavy atom. The second-order valence-electron chi connectivity index (χ2n) is 12.2. The number of aromatic hydroxyl groups is 2. The van der Waals surface area contributed by atoms with Gasteiger partial charge >= 0.3 is 6.18 Å². The van der Waals surface area contributed by atoms with Crippen molar-refractivity contribution in [3.05, 3.63) is 95.3 Å². The summed E-state index contributed by atoms with van der Waals surface area (Å²) in [5, 5.41) is 31.2. The molecule has 1 aliphatic rings. The Morgan fingerprint density at radius 1 is 0.979 bits per heavy atom. The average molecular weight is 649 g/mol. The Balaban J connectivity index is 1.29. The van der Waals surface area contributed by atoms with Gasteiger partial charge in [-0.05, 0) is 79.6 Å². The molecule has 5 rings (SSSR count). The highest BCUT2D eigenvalue weighted by atomic mass is 19.4. The lowest BCUT2D eigenvalue weighted by Crippen LogP contribution is -2.33. The van der Waals surface area contributed by atoms with E-state index in [-0.39, 0.29) is 34.4 Å². The molecule has 3 N–H and O–H groups in total. The molecule has 47 heavy (non-hydrogen) atoms. The summed E-state index contributed by atoms with van der Waals surface area (Å²) in [6.07, 6.45) is -0.444. The molecule has 0 radical (unpaired) electrons. The summed E-state index contributed by atoms with van der Waals surface area (Å²) in [6.45, 7) is 7.16. The highest BCUT2D eigenvalue weighted by molar-refractivity contribution is 5.71. The highest BCUT2D eigenvalue weighted by Gasteiger charge is 2.28. The van der Waals surface area contributed by atoms with E-state index in [1.165, 1.54) is 27.8 Å². The molecule has 1 aromatic heterocycles. The number of phenolic OH excluding ortho intramolecular Hbond substituents is 2. The Hall–Kier alpha value is -4.84. The molecule has 12 heteroatoms. The first-order valence-corrected chi connectivity index (χ1v) is 15.4. The summed E-state index contributed by atoms with van der Waals surface area (Å²) >= 11 is 0. The van der Waals surface area contributed by atoms with Crippen molar-refractivity contribution in [2.75, 3.05) is 26.7 Å². The standard InChI is InChI=1S/C35H39F3N6O3/c1-23-16-30(32(47)18-31(23)46)34-41-40-33(24(2)39-21-35(36,37)38)44(34)29-10-8-28(9-11-29)20-42(3)19-27-6-4-25(5-7-27)17-26-12-14-43(22-45)15-13-26/h4-11,16,18,22,26,39,46-47H,2,12-15,17,19-21H2,1,3H3. The van der Waals surface area contributed by atoms with Gasteiger partial charge < -0.3 is 20.4 Å². The number of likely N-dealkylation sites (tertiary alicyclic amines) is 1. The van der Waals surface area contributed by atoms with Crippen LogP contribution < -0.4 is 5.32 Å². The van der Waals surface area contributed by atoms with Crippen molar-refractivity contribution in [1.82, 2.24) is 29.9 Å². The van der Waals surface area contributed by atoms with Crippen LogP contribution in [0.25, 0.3) is 22.8 Å². The van der Waals surface area contributed by atoms with Crippen molar-refractivity contribution in [3.63, 3.8) is 0 Å². The molecule has 0 spiro atoms. The quantitative estimate of drug-likeness (QED) is 0.166. The van der Waals surface area contributed by atoms with E-state index in [1.54, 1.807) is 6.92 Å². The number of hydrogen-bond acceptors (Lipinski definition) is 7. The van der Waals surface area contributed by atoms with Crippen molar-refractivity contribution in [3.8, 4) is 28.6 Å². The number of alkyl halides is 3. The summed E-state index contributed by atoms with van der Waals surface area (Å²) < 4.78 is 40.4. The van der Waals surface area contributed by atoms with Gasteiger partial charge in [-0.2, -0.15) is 13.2 Å². The number of hydrogen-bond donors (Lipinski definition) is 3. The van der Waals surface area contributed by atoms with Crippen LogP contribution in [-0.2, 0) is 24.3 Å². The summed E-state index contributed by atoms with van der Waals surface area (Å²) in [6, 6.07) is 18.9. The van der Waals surface area contributed by atoms with Gasteiger partial charge in [0.25, 0.3) is 0 Å². The normalized spacial score (nSPS) is 14.0. The molecule has 0 saturated carbocycles. The van der Waals surface area contributed by atoms with Gasteiger partial charge in [-0.3, -0.25) is 14.3 Å². The smallest absolute Gasteiger partial charge is 0.405 e. The van der Waals surface area contributed by atoms with Crippen LogP contribution in [0.2, 0.25) is 0 Å². The van der Waals surface area contributed by atoms with E-state index in [0.717, 1.165) is 50.9 Å². The highest BCUT2D eigenvalue weighted by Crippen LogP contribution is 2.36. The lowest BCUT2D eigenvalue weighted by atomic mass is 9.90. The Morgan fingerprint density at radius 3 is 2.17 bits per heavy atom. The molecule has 1 saturated heterocycles. The van der Waals surface area contributed by atoms with E-state index < -0.39 is 12.7 Å². The Bertz CT molecular complexity index is 1700. The number of phenols is 2.